The Labute approximate surface area is 172 Å². The van der Waals surface area contributed by atoms with Gasteiger partial charge in [0.1, 0.15) is 0 Å². The van der Waals surface area contributed by atoms with Gasteiger partial charge in [-0.25, -0.2) is 4.98 Å². The summed E-state index contributed by atoms with van der Waals surface area (Å²) in [6.45, 7) is 1.42. The topological polar surface area (TPSA) is 36.4 Å². The van der Waals surface area contributed by atoms with E-state index < -0.39 is 0 Å². The van der Waals surface area contributed by atoms with Crippen molar-refractivity contribution in [2.24, 2.45) is 0 Å². The van der Waals surface area contributed by atoms with Crippen molar-refractivity contribution in [1.29, 1.82) is 0 Å². The highest BCUT2D eigenvalue weighted by atomic mass is 79.9. The highest BCUT2D eigenvalue weighted by Gasteiger charge is 2.20. The van der Waals surface area contributed by atoms with Crippen LogP contribution < -0.4 is 4.90 Å². The molecule has 0 aliphatic rings. The van der Waals surface area contributed by atoms with Gasteiger partial charge in [-0.2, -0.15) is 0 Å². The summed E-state index contributed by atoms with van der Waals surface area (Å²) in [6.07, 6.45) is 0.383. The van der Waals surface area contributed by atoms with E-state index in [9.17, 15) is 4.79 Å². The summed E-state index contributed by atoms with van der Waals surface area (Å²) >= 11 is 5.05. The van der Waals surface area contributed by atoms with Gasteiger partial charge in [-0.15, -0.1) is 12.4 Å². The van der Waals surface area contributed by atoms with E-state index in [0.29, 0.717) is 13.0 Å². The third-order valence-corrected chi connectivity index (χ3v) is 5.37. The lowest BCUT2D eigenvalue weighted by molar-refractivity contribution is -0.118. The van der Waals surface area contributed by atoms with Crippen molar-refractivity contribution in [1.82, 2.24) is 9.88 Å². The van der Waals surface area contributed by atoms with Gasteiger partial charge in [-0.1, -0.05) is 57.6 Å². The van der Waals surface area contributed by atoms with E-state index in [4.69, 9.17) is 0 Å². The third-order valence-electron chi connectivity index (χ3n) is 3.84. The number of nitrogens with zero attached hydrogens (tertiary/aromatic N) is 3. The summed E-state index contributed by atoms with van der Waals surface area (Å²) in [5.41, 5.74) is 1.94. The summed E-state index contributed by atoms with van der Waals surface area (Å²) in [7, 11) is 4.02. The second-order valence-corrected chi connectivity index (χ2v) is 8.04. The highest BCUT2D eigenvalue weighted by Crippen LogP contribution is 2.31. The fraction of sp³-hybridized carbons (Fsp3) is 0.263. The Morgan fingerprint density at radius 1 is 1.12 bits per heavy atom. The van der Waals surface area contributed by atoms with Crippen molar-refractivity contribution in [2.45, 2.75) is 6.42 Å². The quantitative estimate of drug-likeness (QED) is 0.545. The van der Waals surface area contributed by atoms with E-state index in [2.05, 4.69) is 25.8 Å². The highest BCUT2D eigenvalue weighted by molar-refractivity contribution is 9.10. The maximum atomic E-state index is 12.9. The van der Waals surface area contributed by atoms with Crippen molar-refractivity contribution in [3.8, 4) is 0 Å². The molecule has 138 valence electrons. The number of aromatic nitrogens is 1. The lowest BCUT2D eigenvalue weighted by Crippen LogP contribution is -2.37. The van der Waals surface area contributed by atoms with Gasteiger partial charge in [0.25, 0.3) is 0 Å². The molecule has 0 fully saturated rings. The van der Waals surface area contributed by atoms with Crippen molar-refractivity contribution in [2.75, 3.05) is 32.1 Å². The minimum absolute atomic E-state index is 0. The van der Waals surface area contributed by atoms with Gasteiger partial charge < -0.3 is 4.90 Å². The number of anilines is 1. The largest absolute Gasteiger partial charge is 0.308 e. The summed E-state index contributed by atoms with van der Waals surface area (Å²) < 4.78 is 2.09. The molecule has 1 aromatic heterocycles. The molecule has 0 N–H and O–H groups in total. The van der Waals surface area contributed by atoms with Gasteiger partial charge >= 0.3 is 0 Å². The third kappa shape index (κ3) is 5.27. The molecule has 0 saturated heterocycles. The number of carbonyl (C=O) groups is 1. The molecular formula is C19H21BrClN3OS. The minimum Gasteiger partial charge on any atom is -0.308 e. The Hall–Kier alpha value is -1.47. The summed E-state index contributed by atoms with van der Waals surface area (Å²) in [5, 5.41) is 0.760. The van der Waals surface area contributed by atoms with Crippen LogP contribution in [0.5, 0.6) is 0 Å². The molecule has 7 heteroatoms. The number of benzene rings is 2. The predicted octanol–water partition coefficient (Wildman–Crippen LogP) is 4.62. The van der Waals surface area contributed by atoms with Crippen molar-refractivity contribution in [3.05, 3.63) is 58.6 Å². The van der Waals surface area contributed by atoms with Crippen molar-refractivity contribution >= 4 is 60.9 Å². The minimum atomic E-state index is 0. The van der Waals surface area contributed by atoms with Gasteiger partial charge in [0, 0.05) is 17.6 Å². The van der Waals surface area contributed by atoms with Crippen molar-refractivity contribution in [3.63, 3.8) is 0 Å². The molecule has 0 unspecified atom stereocenters. The number of hydrogen-bond donors (Lipinski definition) is 0. The molecule has 3 rings (SSSR count). The number of likely N-dealkylation sites (N-methyl/N-ethyl adjacent to an activating group) is 1. The van der Waals surface area contributed by atoms with Gasteiger partial charge in [-0.05, 0) is 37.9 Å². The summed E-state index contributed by atoms with van der Waals surface area (Å²) in [6, 6.07) is 15.8. The molecular weight excluding hydrogens is 434 g/mol. The zero-order chi connectivity index (χ0) is 17.8. The lowest BCUT2D eigenvalue weighted by Gasteiger charge is -2.22. The SMILES string of the molecule is CN(C)CCN(C(=O)Cc1ccccc1)c1nc2ccc(Br)cc2s1.Cl. The maximum absolute atomic E-state index is 12.9. The molecule has 2 aromatic carbocycles. The number of amides is 1. The Bertz CT molecular complexity index is 870. The second kappa shape index (κ2) is 9.46. The first-order chi connectivity index (χ1) is 12.0. The fourth-order valence-corrected chi connectivity index (χ4v) is 4.06. The molecule has 0 atom stereocenters. The molecule has 0 aliphatic heterocycles. The van der Waals surface area contributed by atoms with Crippen LogP contribution in [-0.2, 0) is 11.2 Å². The monoisotopic (exact) mass is 453 g/mol. The predicted molar refractivity (Wildman–Crippen MR) is 116 cm³/mol. The number of carbonyl (C=O) groups excluding carboxylic acids is 1. The number of rotatable bonds is 6. The average Bonchev–Trinajstić information content (AvgIpc) is 2.98. The van der Waals surface area contributed by atoms with Crippen LogP contribution in [0.1, 0.15) is 5.56 Å². The maximum Gasteiger partial charge on any atom is 0.233 e. The molecule has 4 nitrogen and oxygen atoms in total. The van der Waals surface area contributed by atoms with Gasteiger partial charge in [-0.3, -0.25) is 9.69 Å². The van der Waals surface area contributed by atoms with Crippen LogP contribution in [-0.4, -0.2) is 43.0 Å². The molecule has 0 spiro atoms. The fourth-order valence-electron chi connectivity index (χ4n) is 2.49. The normalized spacial score (nSPS) is 10.8. The van der Waals surface area contributed by atoms with Gasteiger partial charge in [0.05, 0.1) is 16.6 Å². The van der Waals surface area contributed by atoms with E-state index in [1.165, 1.54) is 0 Å². The lowest BCUT2D eigenvalue weighted by atomic mass is 10.1. The molecule has 0 radical (unpaired) electrons. The van der Waals surface area contributed by atoms with Crippen LogP contribution in [0.15, 0.2) is 53.0 Å². The smallest absolute Gasteiger partial charge is 0.233 e. The second-order valence-electron chi connectivity index (χ2n) is 6.12. The molecule has 3 aromatic rings. The molecule has 26 heavy (non-hydrogen) atoms. The first-order valence-corrected chi connectivity index (χ1v) is 9.69. The van der Waals surface area contributed by atoms with Crippen LogP contribution in [0.25, 0.3) is 10.2 Å². The van der Waals surface area contributed by atoms with E-state index in [1.807, 2.05) is 67.5 Å². The molecule has 0 aliphatic carbocycles. The van der Waals surface area contributed by atoms with Crippen LogP contribution in [0.3, 0.4) is 0 Å². The van der Waals surface area contributed by atoms with E-state index in [-0.39, 0.29) is 18.3 Å². The average molecular weight is 455 g/mol. The van der Waals surface area contributed by atoms with Gasteiger partial charge in [0.2, 0.25) is 5.91 Å². The Kier molecular flexibility index (Phi) is 7.58. The number of thiazole rings is 1. The molecule has 0 saturated carbocycles. The molecule has 1 heterocycles. The number of hydrogen-bond acceptors (Lipinski definition) is 4. The first kappa shape index (κ1) is 20.8. The van der Waals surface area contributed by atoms with E-state index >= 15 is 0 Å². The zero-order valence-electron chi connectivity index (χ0n) is 14.7. The zero-order valence-corrected chi connectivity index (χ0v) is 17.9. The van der Waals surface area contributed by atoms with Crippen LogP contribution in [0, 0.1) is 0 Å². The Morgan fingerprint density at radius 2 is 1.85 bits per heavy atom. The van der Waals surface area contributed by atoms with Gasteiger partial charge in [0.15, 0.2) is 5.13 Å². The standard InChI is InChI=1S/C19H20BrN3OS.ClH/c1-22(2)10-11-23(18(24)12-14-6-4-3-5-7-14)19-21-16-9-8-15(20)13-17(16)25-19;/h3-9,13H,10-12H2,1-2H3;1H. The molecule has 0 bridgehead atoms. The summed E-state index contributed by atoms with van der Waals surface area (Å²) in [5.74, 6) is 0.0752. The van der Waals surface area contributed by atoms with E-state index in [0.717, 1.165) is 31.9 Å². The number of halogens is 2. The van der Waals surface area contributed by atoms with Crippen LogP contribution >= 0.6 is 39.7 Å². The van der Waals surface area contributed by atoms with E-state index in [1.54, 1.807) is 11.3 Å². The van der Waals surface area contributed by atoms with Crippen LogP contribution in [0.4, 0.5) is 5.13 Å². The Morgan fingerprint density at radius 3 is 2.54 bits per heavy atom. The van der Waals surface area contributed by atoms with Crippen molar-refractivity contribution < 1.29 is 4.79 Å². The molecule has 1 amide bonds. The Balaban J connectivity index is 0.00000243. The number of fused-ring (bicyclic) bond motifs is 1. The summed E-state index contributed by atoms with van der Waals surface area (Å²) in [4.78, 5) is 21.5. The van der Waals surface area contributed by atoms with Crippen LogP contribution in [0.2, 0.25) is 0 Å². The first-order valence-electron chi connectivity index (χ1n) is 8.08.